The van der Waals surface area contributed by atoms with Gasteiger partial charge in [0, 0.05) is 11.3 Å². The lowest BCUT2D eigenvalue weighted by Gasteiger charge is -2.23. The first-order valence-corrected chi connectivity index (χ1v) is 15.8. The van der Waals surface area contributed by atoms with Crippen LogP contribution in [0.4, 0.5) is 5.13 Å². The number of Topliss-reactive ketones (excluding diaryl/α,β-unsaturated/α-hetero) is 1. The van der Waals surface area contributed by atoms with Crippen LogP contribution in [0, 0.1) is 0 Å². The summed E-state index contributed by atoms with van der Waals surface area (Å²) >= 11 is 15.2. The number of methoxy groups -OCH3 is 2. The number of carbonyl (C=O) groups is 2. The first kappa shape index (κ1) is 30.0. The fourth-order valence-corrected chi connectivity index (χ4v) is 7.26. The summed E-state index contributed by atoms with van der Waals surface area (Å²) in [7, 11) is 2.95. The van der Waals surface area contributed by atoms with Gasteiger partial charge in [-0.15, -0.1) is 10.2 Å². The van der Waals surface area contributed by atoms with E-state index >= 15 is 0 Å². The highest BCUT2D eigenvalue weighted by atomic mass is 35.5. The van der Waals surface area contributed by atoms with Crippen molar-refractivity contribution in [1.82, 2.24) is 10.2 Å². The minimum Gasteiger partial charge on any atom is -0.507 e. The molecule has 1 atom stereocenters. The number of aliphatic hydroxyl groups is 1. The van der Waals surface area contributed by atoms with Crippen molar-refractivity contribution in [3.8, 4) is 11.5 Å². The van der Waals surface area contributed by atoms with Gasteiger partial charge in [-0.05, 0) is 52.2 Å². The number of ether oxygens (including phenoxy) is 2. The zero-order chi connectivity index (χ0) is 31.0. The van der Waals surface area contributed by atoms with E-state index in [9.17, 15) is 14.7 Å². The van der Waals surface area contributed by atoms with Gasteiger partial charge in [-0.1, -0.05) is 94.8 Å². The average Bonchev–Trinajstić information content (AvgIpc) is 3.62. The van der Waals surface area contributed by atoms with Crippen molar-refractivity contribution >= 4 is 79.7 Å². The van der Waals surface area contributed by atoms with Crippen LogP contribution in [0.3, 0.4) is 0 Å². The molecule has 4 aromatic carbocycles. The molecule has 12 heteroatoms. The maximum absolute atomic E-state index is 13.6. The van der Waals surface area contributed by atoms with Crippen molar-refractivity contribution in [3.05, 3.63) is 111 Å². The topological polar surface area (TPSA) is 102 Å². The number of aliphatic hydroxyl groups excluding tert-OH is 1. The normalized spacial score (nSPS) is 16.1. The minimum atomic E-state index is -1.05. The van der Waals surface area contributed by atoms with Gasteiger partial charge in [-0.3, -0.25) is 14.5 Å². The van der Waals surface area contributed by atoms with Gasteiger partial charge < -0.3 is 14.6 Å². The van der Waals surface area contributed by atoms with E-state index in [0.29, 0.717) is 32.2 Å². The fraction of sp³-hybridized carbons (Fsp3) is 0.125. The number of rotatable bonds is 8. The molecule has 1 N–H and O–H groups in total. The summed E-state index contributed by atoms with van der Waals surface area (Å²) in [5.41, 5.74) is 1.71. The molecule has 2 heterocycles. The van der Waals surface area contributed by atoms with Crippen molar-refractivity contribution < 1.29 is 24.2 Å². The van der Waals surface area contributed by atoms with Gasteiger partial charge in [-0.2, -0.15) is 0 Å². The van der Waals surface area contributed by atoms with Gasteiger partial charge in [0.25, 0.3) is 5.78 Å². The van der Waals surface area contributed by atoms with Crippen molar-refractivity contribution in [2.24, 2.45) is 0 Å². The number of fused-ring (bicyclic) bond motifs is 1. The average molecular weight is 665 g/mol. The van der Waals surface area contributed by atoms with Crippen molar-refractivity contribution in [1.29, 1.82) is 0 Å². The molecule has 1 fully saturated rings. The highest BCUT2D eigenvalue weighted by Crippen LogP contribution is 2.45. The summed E-state index contributed by atoms with van der Waals surface area (Å²) in [6.07, 6.45) is 0. The Bertz CT molecular complexity index is 1960. The Morgan fingerprint density at radius 1 is 0.932 bits per heavy atom. The van der Waals surface area contributed by atoms with Crippen molar-refractivity contribution in [2.45, 2.75) is 16.1 Å². The van der Waals surface area contributed by atoms with E-state index in [-0.39, 0.29) is 21.3 Å². The first-order chi connectivity index (χ1) is 21.3. The van der Waals surface area contributed by atoms with Crippen LogP contribution >= 0.6 is 46.3 Å². The predicted octanol–water partition coefficient (Wildman–Crippen LogP) is 7.93. The zero-order valence-corrected chi connectivity index (χ0v) is 26.4. The van der Waals surface area contributed by atoms with E-state index in [4.69, 9.17) is 32.7 Å². The Morgan fingerprint density at radius 2 is 1.70 bits per heavy atom. The number of ketones is 1. The van der Waals surface area contributed by atoms with Crippen LogP contribution in [0.1, 0.15) is 22.7 Å². The third-order valence-corrected chi connectivity index (χ3v) is 10.0. The van der Waals surface area contributed by atoms with Gasteiger partial charge >= 0.3 is 5.91 Å². The van der Waals surface area contributed by atoms with Crippen LogP contribution in [0.15, 0.2) is 88.8 Å². The first-order valence-electron chi connectivity index (χ1n) is 13.2. The Balaban J connectivity index is 1.40. The summed E-state index contributed by atoms with van der Waals surface area (Å²) in [4.78, 5) is 28.4. The van der Waals surface area contributed by atoms with E-state index < -0.39 is 23.5 Å². The van der Waals surface area contributed by atoms with E-state index in [0.717, 1.165) is 16.3 Å². The molecule has 44 heavy (non-hydrogen) atoms. The SMILES string of the molecule is COc1ccc(C(O)=C2C(=O)C(=O)N(c3nnc(SCc4cccc5ccccc45)s3)[C@@H]2c2ccc(Cl)c(Cl)c2)cc1OC. The van der Waals surface area contributed by atoms with Crippen LogP contribution in [-0.2, 0) is 15.3 Å². The highest BCUT2D eigenvalue weighted by molar-refractivity contribution is 8.00. The van der Waals surface area contributed by atoms with Crippen LogP contribution in [0.25, 0.3) is 16.5 Å². The number of thioether (sulfide) groups is 1. The Kier molecular flexibility index (Phi) is 8.50. The number of hydrogen-bond acceptors (Lipinski definition) is 9. The van der Waals surface area contributed by atoms with E-state index in [1.165, 1.54) is 48.3 Å². The van der Waals surface area contributed by atoms with E-state index in [2.05, 4.69) is 34.5 Å². The van der Waals surface area contributed by atoms with Gasteiger partial charge in [-0.25, -0.2) is 0 Å². The molecule has 0 bridgehead atoms. The Hall–Kier alpha value is -4.09. The molecule has 222 valence electrons. The molecule has 0 unspecified atom stereocenters. The molecule has 8 nitrogen and oxygen atoms in total. The summed E-state index contributed by atoms with van der Waals surface area (Å²) < 4.78 is 11.3. The summed E-state index contributed by atoms with van der Waals surface area (Å²) in [5.74, 6) is -0.720. The highest BCUT2D eigenvalue weighted by Gasteiger charge is 2.48. The molecule has 0 spiro atoms. The van der Waals surface area contributed by atoms with E-state index in [1.54, 1.807) is 30.3 Å². The van der Waals surface area contributed by atoms with Gasteiger partial charge in [0.2, 0.25) is 5.13 Å². The molecule has 0 aliphatic carbocycles. The molecule has 6 rings (SSSR count). The third-order valence-electron chi connectivity index (χ3n) is 7.19. The maximum Gasteiger partial charge on any atom is 0.301 e. The molecule has 0 radical (unpaired) electrons. The molecule has 1 amide bonds. The Morgan fingerprint density at radius 3 is 2.48 bits per heavy atom. The number of anilines is 1. The van der Waals surface area contributed by atoms with Gasteiger partial charge in [0.15, 0.2) is 15.8 Å². The summed E-state index contributed by atoms with van der Waals surface area (Å²) in [6, 6.07) is 22.7. The lowest BCUT2D eigenvalue weighted by molar-refractivity contribution is -0.132. The van der Waals surface area contributed by atoms with Crippen LogP contribution in [0.5, 0.6) is 11.5 Å². The second-order valence-electron chi connectivity index (χ2n) is 9.69. The van der Waals surface area contributed by atoms with Gasteiger partial charge in [0.1, 0.15) is 5.76 Å². The van der Waals surface area contributed by atoms with Crippen LogP contribution in [-0.4, -0.2) is 41.2 Å². The standard InChI is InChI=1S/C32H23Cl2N3O5S2/c1-41-24-13-11-19(15-25(24)42-2)28(38)26-27(18-10-12-22(33)23(34)14-18)37(30(40)29(26)39)31-35-36-32(44-31)43-16-20-8-5-7-17-6-3-4-9-21(17)20/h3-15,27,38H,16H2,1-2H3/t27-/m1/s1. The summed E-state index contributed by atoms with van der Waals surface area (Å²) in [5, 5.41) is 23.1. The molecule has 1 aliphatic rings. The van der Waals surface area contributed by atoms with E-state index in [1.807, 2.05) is 18.2 Å². The number of amides is 1. The van der Waals surface area contributed by atoms with Crippen LogP contribution in [0.2, 0.25) is 10.0 Å². The Labute approximate surface area is 270 Å². The largest absolute Gasteiger partial charge is 0.507 e. The molecule has 0 saturated carbocycles. The lowest BCUT2D eigenvalue weighted by Crippen LogP contribution is -2.29. The summed E-state index contributed by atoms with van der Waals surface area (Å²) in [6.45, 7) is 0. The van der Waals surface area contributed by atoms with Crippen molar-refractivity contribution in [3.63, 3.8) is 0 Å². The third kappa shape index (κ3) is 5.50. The quantitative estimate of drug-likeness (QED) is 0.0587. The number of aromatic nitrogens is 2. The van der Waals surface area contributed by atoms with Gasteiger partial charge in [0.05, 0.1) is 35.9 Å². The zero-order valence-electron chi connectivity index (χ0n) is 23.3. The molecule has 1 aliphatic heterocycles. The molecular weight excluding hydrogens is 641 g/mol. The van der Waals surface area contributed by atoms with Crippen LogP contribution < -0.4 is 14.4 Å². The molecule has 5 aromatic rings. The second-order valence-corrected chi connectivity index (χ2v) is 12.7. The lowest BCUT2D eigenvalue weighted by atomic mass is 9.95. The van der Waals surface area contributed by atoms with Crippen molar-refractivity contribution in [2.75, 3.05) is 19.1 Å². The monoisotopic (exact) mass is 663 g/mol. The molecule has 1 saturated heterocycles. The molecule has 1 aromatic heterocycles. The number of carbonyl (C=O) groups excluding carboxylic acids is 2. The second kappa shape index (κ2) is 12.5. The molecular formula is C32H23Cl2N3O5S2. The number of benzene rings is 4. The maximum atomic E-state index is 13.6. The predicted molar refractivity (Wildman–Crippen MR) is 174 cm³/mol. The number of halogens is 2. The minimum absolute atomic E-state index is 0.138. The fourth-order valence-electron chi connectivity index (χ4n) is 5.08. The smallest absolute Gasteiger partial charge is 0.301 e. The number of hydrogen-bond donors (Lipinski definition) is 1. The number of nitrogens with zero attached hydrogens (tertiary/aromatic N) is 3.